The Labute approximate surface area is 83.8 Å². The topological polar surface area (TPSA) is 33.6 Å². The SMILES string of the molecule is CCC1=NC(Cc2ccccc2)NO1. The number of rotatable bonds is 3. The van der Waals surface area contributed by atoms with Gasteiger partial charge in [0.15, 0.2) is 0 Å². The summed E-state index contributed by atoms with van der Waals surface area (Å²) in [6.45, 7) is 2.03. The van der Waals surface area contributed by atoms with E-state index in [0.717, 1.165) is 18.7 Å². The maximum Gasteiger partial charge on any atom is 0.210 e. The van der Waals surface area contributed by atoms with Crippen molar-refractivity contribution >= 4 is 5.90 Å². The van der Waals surface area contributed by atoms with E-state index in [9.17, 15) is 0 Å². The Hall–Kier alpha value is -1.35. The summed E-state index contributed by atoms with van der Waals surface area (Å²) in [5.74, 6) is 0.797. The maximum atomic E-state index is 5.19. The second-order valence-electron chi connectivity index (χ2n) is 3.30. The summed E-state index contributed by atoms with van der Waals surface area (Å²) in [5.41, 5.74) is 4.18. The van der Waals surface area contributed by atoms with Crippen molar-refractivity contribution in [3.05, 3.63) is 35.9 Å². The van der Waals surface area contributed by atoms with Crippen molar-refractivity contribution in [2.45, 2.75) is 25.9 Å². The van der Waals surface area contributed by atoms with Crippen molar-refractivity contribution in [1.82, 2.24) is 5.48 Å². The molecule has 1 N–H and O–H groups in total. The number of benzene rings is 1. The smallest absolute Gasteiger partial charge is 0.210 e. The number of nitrogens with one attached hydrogen (secondary N) is 1. The normalized spacial score (nSPS) is 20.4. The van der Waals surface area contributed by atoms with Crippen molar-refractivity contribution in [3.63, 3.8) is 0 Å². The number of hydroxylamine groups is 1. The molecule has 0 fully saturated rings. The van der Waals surface area contributed by atoms with Crippen LogP contribution in [0.15, 0.2) is 35.3 Å². The van der Waals surface area contributed by atoms with Gasteiger partial charge in [0.05, 0.1) is 0 Å². The van der Waals surface area contributed by atoms with E-state index < -0.39 is 0 Å². The highest BCUT2D eigenvalue weighted by atomic mass is 16.7. The Morgan fingerprint density at radius 2 is 2.14 bits per heavy atom. The minimum atomic E-state index is 0.0762. The minimum Gasteiger partial charge on any atom is -0.391 e. The highest BCUT2D eigenvalue weighted by Crippen LogP contribution is 2.08. The van der Waals surface area contributed by atoms with Crippen LogP contribution in [0, 0.1) is 0 Å². The molecular weight excluding hydrogens is 176 g/mol. The van der Waals surface area contributed by atoms with Gasteiger partial charge in [0.2, 0.25) is 5.90 Å². The summed E-state index contributed by atoms with van der Waals surface area (Å²) in [6, 6.07) is 10.3. The molecule has 0 bridgehead atoms. The molecule has 0 saturated heterocycles. The third kappa shape index (κ3) is 2.12. The Kier molecular flexibility index (Phi) is 2.79. The summed E-state index contributed by atoms with van der Waals surface area (Å²) < 4.78 is 0. The van der Waals surface area contributed by atoms with Gasteiger partial charge in [-0.3, -0.25) is 0 Å². The lowest BCUT2D eigenvalue weighted by molar-refractivity contribution is 0.175. The molecule has 3 nitrogen and oxygen atoms in total. The largest absolute Gasteiger partial charge is 0.391 e. The highest BCUT2D eigenvalue weighted by Gasteiger charge is 2.16. The first-order valence-electron chi connectivity index (χ1n) is 4.91. The monoisotopic (exact) mass is 190 g/mol. The fourth-order valence-corrected chi connectivity index (χ4v) is 1.45. The number of aliphatic imine (C=N–C) groups is 1. The van der Waals surface area contributed by atoms with Gasteiger partial charge >= 0.3 is 0 Å². The fraction of sp³-hybridized carbons (Fsp3) is 0.364. The molecule has 0 radical (unpaired) electrons. The predicted molar refractivity (Wildman–Crippen MR) is 55.9 cm³/mol. The number of hydrogen-bond donors (Lipinski definition) is 1. The Morgan fingerprint density at radius 1 is 1.36 bits per heavy atom. The van der Waals surface area contributed by atoms with Crippen molar-refractivity contribution in [1.29, 1.82) is 0 Å². The van der Waals surface area contributed by atoms with Gasteiger partial charge in [-0.2, -0.15) is 0 Å². The first kappa shape index (κ1) is 9.21. The molecule has 1 aromatic rings. The summed E-state index contributed by atoms with van der Waals surface area (Å²) in [7, 11) is 0. The second-order valence-corrected chi connectivity index (χ2v) is 3.30. The molecule has 2 rings (SSSR count). The van der Waals surface area contributed by atoms with Gasteiger partial charge in [-0.15, -0.1) is 5.48 Å². The standard InChI is InChI=1S/C11H14N2O/c1-2-11-12-10(13-14-11)8-9-6-4-3-5-7-9/h3-7,10,13H,2,8H2,1H3. The van der Waals surface area contributed by atoms with Crippen LogP contribution in [0.1, 0.15) is 18.9 Å². The average Bonchev–Trinajstić information content (AvgIpc) is 2.67. The first-order valence-corrected chi connectivity index (χ1v) is 4.91. The van der Waals surface area contributed by atoms with Crippen LogP contribution >= 0.6 is 0 Å². The molecule has 1 aromatic carbocycles. The third-order valence-electron chi connectivity index (χ3n) is 2.19. The van der Waals surface area contributed by atoms with Crippen LogP contribution in [-0.2, 0) is 11.3 Å². The van der Waals surface area contributed by atoms with Crippen LogP contribution in [0.4, 0.5) is 0 Å². The first-order chi connectivity index (χ1) is 6.88. The van der Waals surface area contributed by atoms with Crippen LogP contribution in [0.5, 0.6) is 0 Å². The van der Waals surface area contributed by atoms with Gasteiger partial charge < -0.3 is 4.84 Å². The van der Waals surface area contributed by atoms with Gasteiger partial charge in [-0.25, -0.2) is 4.99 Å². The summed E-state index contributed by atoms with van der Waals surface area (Å²) in [4.78, 5) is 9.57. The van der Waals surface area contributed by atoms with E-state index in [1.165, 1.54) is 5.56 Å². The number of hydrogen-bond acceptors (Lipinski definition) is 3. The molecule has 14 heavy (non-hydrogen) atoms. The highest BCUT2D eigenvalue weighted by molar-refractivity contribution is 5.76. The van der Waals surface area contributed by atoms with Gasteiger partial charge in [-0.05, 0) is 5.56 Å². The van der Waals surface area contributed by atoms with Crippen LogP contribution in [0.25, 0.3) is 0 Å². The summed E-state index contributed by atoms with van der Waals surface area (Å²) in [5, 5.41) is 0. The van der Waals surface area contributed by atoms with Crippen molar-refractivity contribution in [2.75, 3.05) is 0 Å². The molecule has 1 unspecified atom stereocenters. The molecule has 0 aliphatic carbocycles. The lowest BCUT2D eigenvalue weighted by atomic mass is 10.1. The van der Waals surface area contributed by atoms with E-state index in [1.807, 2.05) is 25.1 Å². The lowest BCUT2D eigenvalue weighted by Crippen LogP contribution is -2.23. The van der Waals surface area contributed by atoms with E-state index >= 15 is 0 Å². The van der Waals surface area contributed by atoms with E-state index in [0.29, 0.717) is 0 Å². The molecule has 0 aromatic heterocycles. The van der Waals surface area contributed by atoms with Gasteiger partial charge in [0.25, 0.3) is 0 Å². The molecule has 1 heterocycles. The van der Waals surface area contributed by atoms with Gasteiger partial charge in [0.1, 0.15) is 6.17 Å². The van der Waals surface area contributed by atoms with E-state index in [-0.39, 0.29) is 6.17 Å². The number of nitrogens with zero attached hydrogens (tertiary/aromatic N) is 1. The van der Waals surface area contributed by atoms with Gasteiger partial charge in [0, 0.05) is 12.8 Å². The van der Waals surface area contributed by atoms with E-state index in [1.54, 1.807) is 0 Å². The van der Waals surface area contributed by atoms with Crippen molar-refractivity contribution < 1.29 is 4.84 Å². The molecule has 0 amide bonds. The van der Waals surface area contributed by atoms with Crippen LogP contribution in [-0.4, -0.2) is 12.1 Å². The Bertz CT molecular complexity index is 321. The van der Waals surface area contributed by atoms with Crippen LogP contribution < -0.4 is 5.48 Å². The zero-order valence-electron chi connectivity index (χ0n) is 8.23. The zero-order chi connectivity index (χ0) is 9.80. The summed E-state index contributed by atoms with van der Waals surface area (Å²) in [6.07, 6.45) is 1.80. The fourth-order valence-electron chi connectivity index (χ4n) is 1.45. The van der Waals surface area contributed by atoms with Crippen molar-refractivity contribution in [2.24, 2.45) is 4.99 Å². The van der Waals surface area contributed by atoms with E-state index in [2.05, 4.69) is 22.6 Å². The van der Waals surface area contributed by atoms with Crippen LogP contribution in [0.3, 0.4) is 0 Å². The molecular formula is C11H14N2O. The molecule has 3 heteroatoms. The second kappa shape index (κ2) is 4.24. The molecule has 1 atom stereocenters. The minimum absolute atomic E-state index is 0.0762. The average molecular weight is 190 g/mol. The zero-order valence-corrected chi connectivity index (χ0v) is 8.23. The Balaban J connectivity index is 1.97. The van der Waals surface area contributed by atoms with E-state index in [4.69, 9.17) is 4.84 Å². The molecule has 74 valence electrons. The molecule has 1 aliphatic heterocycles. The maximum absolute atomic E-state index is 5.19. The molecule has 0 spiro atoms. The molecule has 1 aliphatic rings. The quantitative estimate of drug-likeness (QED) is 0.789. The predicted octanol–water partition coefficient (Wildman–Crippen LogP) is 1.90. The van der Waals surface area contributed by atoms with Gasteiger partial charge in [-0.1, -0.05) is 37.3 Å². The van der Waals surface area contributed by atoms with Crippen molar-refractivity contribution in [3.8, 4) is 0 Å². The van der Waals surface area contributed by atoms with Crippen LogP contribution in [0.2, 0.25) is 0 Å². The third-order valence-corrected chi connectivity index (χ3v) is 2.19. The molecule has 0 saturated carbocycles. The summed E-state index contributed by atoms with van der Waals surface area (Å²) >= 11 is 0. The Morgan fingerprint density at radius 3 is 2.79 bits per heavy atom. The lowest BCUT2D eigenvalue weighted by Gasteiger charge is -2.05.